The number of likely N-dealkylation sites (tertiary alicyclic amines) is 1. The van der Waals surface area contributed by atoms with Crippen LogP contribution in [-0.2, 0) is 16.6 Å². The lowest BCUT2D eigenvalue weighted by Crippen LogP contribution is -2.28. The normalized spacial score (nSPS) is 16.8. The van der Waals surface area contributed by atoms with Gasteiger partial charge in [-0.3, -0.25) is 4.90 Å². The van der Waals surface area contributed by atoms with Gasteiger partial charge in [-0.2, -0.15) is 0 Å². The lowest BCUT2D eigenvalue weighted by atomic mass is 10.1. The summed E-state index contributed by atoms with van der Waals surface area (Å²) in [5, 5.41) is 6.99. The largest absolute Gasteiger partial charge is 0.299 e. The molecule has 0 unspecified atom stereocenters. The van der Waals surface area contributed by atoms with Crippen molar-refractivity contribution < 1.29 is 8.42 Å². The van der Waals surface area contributed by atoms with Gasteiger partial charge in [0.05, 0.1) is 0 Å². The molecule has 22 heavy (non-hydrogen) atoms. The summed E-state index contributed by atoms with van der Waals surface area (Å²) in [6, 6.07) is 9.98. The molecule has 1 aliphatic rings. The Labute approximate surface area is 135 Å². The van der Waals surface area contributed by atoms with Crippen LogP contribution in [0.3, 0.4) is 0 Å². The highest BCUT2D eigenvalue weighted by atomic mass is 32.2. The van der Waals surface area contributed by atoms with Crippen molar-refractivity contribution in [2.24, 2.45) is 5.14 Å². The Morgan fingerprint density at radius 2 is 1.73 bits per heavy atom. The summed E-state index contributed by atoms with van der Waals surface area (Å²) >= 11 is 1.16. The van der Waals surface area contributed by atoms with Gasteiger partial charge in [0.25, 0.3) is 0 Å². The number of primary sulfonamides is 1. The second-order valence-corrected chi connectivity index (χ2v) is 8.43. The minimum absolute atomic E-state index is 0.208. The van der Waals surface area contributed by atoms with Crippen LogP contribution in [0.5, 0.6) is 0 Å². The number of nitrogens with two attached hydrogens (primary N) is 1. The van der Waals surface area contributed by atoms with E-state index < -0.39 is 10.0 Å². The first-order valence-electron chi connectivity index (χ1n) is 7.45. The van der Waals surface area contributed by atoms with Crippen molar-refractivity contribution in [3.8, 4) is 11.1 Å². The van der Waals surface area contributed by atoms with Gasteiger partial charge in [0, 0.05) is 6.54 Å². The van der Waals surface area contributed by atoms with Crippen molar-refractivity contribution in [1.29, 1.82) is 0 Å². The van der Waals surface area contributed by atoms with E-state index in [-0.39, 0.29) is 4.21 Å². The lowest BCUT2D eigenvalue weighted by molar-refractivity contribution is 0.221. The van der Waals surface area contributed by atoms with Gasteiger partial charge in [-0.15, -0.1) is 11.3 Å². The molecule has 0 bridgehead atoms. The fraction of sp³-hybridized carbons (Fsp3) is 0.375. The van der Waals surface area contributed by atoms with Crippen molar-refractivity contribution in [3.05, 3.63) is 41.3 Å². The molecule has 2 N–H and O–H groups in total. The molecular formula is C16H20N2O2S2. The van der Waals surface area contributed by atoms with Gasteiger partial charge < -0.3 is 0 Å². The Hall–Kier alpha value is -1.21. The summed E-state index contributed by atoms with van der Waals surface area (Å²) < 4.78 is 22.9. The van der Waals surface area contributed by atoms with Crippen molar-refractivity contribution in [2.45, 2.75) is 30.0 Å². The predicted octanol–water partition coefficient (Wildman–Crippen LogP) is 3.05. The van der Waals surface area contributed by atoms with Crippen LogP contribution in [-0.4, -0.2) is 26.4 Å². The fourth-order valence-corrected chi connectivity index (χ4v) is 4.41. The quantitative estimate of drug-likeness (QED) is 0.933. The molecule has 6 heteroatoms. The topological polar surface area (TPSA) is 63.4 Å². The number of nitrogens with zero attached hydrogens (tertiary/aromatic N) is 1. The smallest absolute Gasteiger partial charge is 0.247 e. The van der Waals surface area contributed by atoms with E-state index >= 15 is 0 Å². The standard InChI is InChI=1S/C16H20N2O2S2/c17-22(19,20)16-10-15(12-21-16)14-6-4-13(5-7-14)11-18-8-2-1-3-9-18/h4-7,10,12H,1-3,8-9,11H2,(H2,17,19,20). The van der Waals surface area contributed by atoms with Crippen LogP contribution in [0.2, 0.25) is 0 Å². The van der Waals surface area contributed by atoms with Gasteiger partial charge in [-0.1, -0.05) is 30.7 Å². The zero-order valence-electron chi connectivity index (χ0n) is 12.4. The second kappa shape index (κ2) is 6.50. The molecule has 4 nitrogen and oxygen atoms in total. The van der Waals surface area contributed by atoms with Crippen LogP contribution in [0.25, 0.3) is 11.1 Å². The number of thiophene rings is 1. The molecule has 0 amide bonds. The molecule has 1 fully saturated rings. The first kappa shape index (κ1) is 15.7. The average molecular weight is 336 g/mol. The highest BCUT2D eigenvalue weighted by Crippen LogP contribution is 2.28. The summed E-state index contributed by atoms with van der Waals surface area (Å²) in [4.78, 5) is 2.49. The van der Waals surface area contributed by atoms with Crippen LogP contribution < -0.4 is 5.14 Å². The molecule has 1 aromatic heterocycles. The molecule has 0 atom stereocenters. The molecule has 0 spiro atoms. The average Bonchev–Trinajstić information content (AvgIpc) is 2.99. The molecule has 2 aromatic rings. The maximum Gasteiger partial charge on any atom is 0.247 e. The van der Waals surface area contributed by atoms with Crippen molar-refractivity contribution >= 4 is 21.4 Å². The number of piperidine rings is 1. The molecule has 3 rings (SSSR count). The molecule has 0 aliphatic carbocycles. The number of hydrogen-bond acceptors (Lipinski definition) is 4. The van der Waals surface area contributed by atoms with Gasteiger partial charge in [0.15, 0.2) is 0 Å². The number of sulfonamides is 1. The van der Waals surface area contributed by atoms with E-state index in [1.54, 1.807) is 6.07 Å². The highest BCUT2D eigenvalue weighted by molar-refractivity contribution is 7.91. The molecule has 1 aliphatic heterocycles. The van der Waals surface area contributed by atoms with E-state index in [1.165, 1.54) is 37.9 Å². The Morgan fingerprint density at radius 1 is 1.05 bits per heavy atom. The zero-order valence-corrected chi connectivity index (χ0v) is 14.0. The van der Waals surface area contributed by atoms with Gasteiger partial charge >= 0.3 is 0 Å². The first-order chi connectivity index (χ1) is 10.5. The molecular weight excluding hydrogens is 316 g/mol. The molecule has 118 valence electrons. The van der Waals surface area contributed by atoms with E-state index in [4.69, 9.17) is 5.14 Å². The van der Waals surface area contributed by atoms with Crippen molar-refractivity contribution in [1.82, 2.24) is 4.90 Å². The number of rotatable bonds is 4. The number of benzene rings is 1. The minimum atomic E-state index is -3.61. The summed E-state index contributed by atoms with van der Waals surface area (Å²) in [6.07, 6.45) is 3.94. The van der Waals surface area contributed by atoms with Gasteiger partial charge in [-0.25, -0.2) is 13.6 Å². The summed E-state index contributed by atoms with van der Waals surface area (Å²) in [5.74, 6) is 0. The van der Waals surface area contributed by atoms with Crippen molar-refractivity contribution in [2.75, 3.05) is 13.1 Å². The van der Waals surface area contributed by atoms with E-state index in [0.717, 1.165) is 29.0 Å². The minimum Gasteiger partial charge on any atom is -0.299 e. The Kier molecular flexibility index (Phi) is 4.63. The van der Waals surface area contributed by atoms with Gasteiger partial charge in [0.1, 0.15) is 4.21 Å². The van der Waals surface area contributed by atoms with Gasteiger partial charge in [-0.05, 0) is 54.1 Å². The third-order valence-corrected chi connectivity index (χ3v) is 6.38. The summed E-state index contributed by atoms with van der Waals surface area (Å²) in [7, 11) is -3.61. The third kappa shape index (κ3) is 3.76. The SMILES string of the molecule is NS(=O)(=O)c1cc(-c2ccc(CN3CCCCC3)cc2)cs1. The molecule has 2 heterocycles. The van der Waals surface area contributed by atoms with Gasteiger partial charge in [0.2, 0.25) is 10.0 Å². The van der Waals surface area contributed by atoms with Crippen LogP contribution >= 0.6 is 11.3 Å². The first-order valence-corrected chi connectivity index (χ1v) is 9.88. The van der Waals surface area contributed by atoms with Crippen LogP contribution in [0.4, 0.5) is 0 Å². The molecule has 1 saturated heterocycles. The van der Waals surface area contributed by atoms with E-state index in [2.05, 4.69) is 17.0 Å². The summed E-state index contributed by atoms with van der Waals surface area (Å²) in [6.45, 7) is 3.36. The zero-order chi connectivity index (χ0) is 15.6. The Balaban J connectivity index is 1.72. The monoisotopic (exact) mass is 336 g/mol. The Morgan fingerprint density at radius 3 is 2.32 bits per heavy atom. The lowest BCUT2D eigenvalue weighted by Gasteiger charge is -2.26. The molecule has 0 saturated carbocycles. The van der Waals surface area contributed by atoms with Crippen LogP contribution in [0.1, 0.15) is 24.8 Å². The number of hydrogen-bond donors (Lipinski definition) is 1. The van der Waals surface area contributed by atoms with Crippen LogP contribution in [0, 0.1) is 0 Å². The van der Waals surface area contributed by atoms with E-state index in [9.17, 15) is 8.42 Å². The van der Waals surface area contributed by atoms with Crippen LogP contribution in [0.15, 0.2) is 39.9 Å². The highest BCUT2D eigenvalue weighted by Gasteiger charge is 2.13. The van der Waals surface area contributed by atoms with Crippen molar-refractivity contribution in [3.63, 3.8) is 0 Å². The fourth-order valence-electron chi connectivity index (χ4n) is 2.80. The maximum absolute atomic E-state index is 11.3. The third-order valence-electron chi connectivity index (χ3n) is 4.00. The molecule has 1 aromatic carbocycles. The molecule has 0 radical (unpaired) electrons. The predicted molar refractivity (Wildman–Crippen MR) is 90.3 cm³/mol. The van der Waals surface area contributed by atoms with E-state index in [0.29, 0.717) is 0 Å². The second-order valence-electron chi connectivity index (χ2n) is 5.73. The maximum atomic E-state index is 11.3. The Bertz CT molecular complexity index is 730. The van der Waals surface area contributed by atoms with E-state index in [1.807, 2.05) is 17.5 Å². The summed E-state index contributed by atoms with van der Waals surface area (Å²) in [5.41, 5.74) is 3.22.